The van der Waals surface area contributed by atoms with Gasteiger partial charge in [0.2, 0.25) is 15.9 Å². The fourth-order valence-electron chi connectivity index (χ4n) is 5.06. The Balaban J connectivity index is 1.39. The number of aromatic nitrogens is 1. The van der Waals surface area contributed by atoms with E-state index in [1.54, 1.807) is 13.0 Å². The lowest BCUT2D eigenvalue weighted by molar-refractivity contribution is -0.127. The lowest BCUT2D eigenvalue weighted by Crippen LogP contribution is -2.45. The largest absolute Gasteiger partial charge is 0.355 e. The third-order valence-corrected chi connectivity index (χ3v) is 9.27. The predicted molar refractivity (Wildman–Crippen MR) is 137 cm³/mol. The summed E-state index contributed by atoms with van der Waals surface area (Å²) < 4.78 is 33.8. The Labute approximate surface area is 209 Å². The summed E-state index contributed by atoms with van der Waals surface area (Å²) in [5, 5.41) is 7.18. The van der Waals surface area contributed by atoms with Gasteiger partial charge in [-0.3, -0.25) is 4.79 Å². The number of sulfonamides is 1. The number of hydrogen-bond donors (Lipinski definition) is 1. The van der Waals surface area contributed by atoms with Crippen molar-refractivity contribution in [1.82, 2.24) is 14.8 Å². The zero-order valence-corrected chi connectivity index (χ0v) is 21.6. The number of hydrogen-bond acceptors (Lipinski definition) is 5. The topological polar surface area (TPSA) is 92.5 Å². The minimum Gasteiger partial charge on any atom is -0.355 e. The molecule has 7 nitrogen and oxygen atoms in total. The maximum absolute atomic E-state index is 13.5. The summed E-state index contributed by atoms with van der Waals surface area (Å²) in [6.45, 7) is 4.30. The average Bonchev–Trinajstić information content (AvgIpc) is 3.21. The van der Waals surface area contributed by atoms with E-state index in [1.807, 2.05) is 37.3 Å². The van der Waals surface area contributed by atoms with Gasteiger partial charge in [-0.05, 0) is 51.2 Å². The molecule has 4 rings (SSSR count). The highest BCUT2D eigenvalue weighted by Crippen LogP contribution is 2.29. The molecule has 2 aliphatic rings. The number of nitrogens with one attached hydrogen (secondary N) is 1. The highest BCUT2D eigenvalue weighted by Gasteiger charge is 2.36. The first kappa shape index (κ1) is 25.6. The molecule has 2 heterocycles. The molecule has 35 heavy (non-hydrogen) atoms. The molecular formula is C27H37N3O4S. The molecule has 1 saturated carbocycles. The fourth-order valence-corrected chi connectivity index (χ4v) is 6.78. The highest BCUT2D eigenvalue weighted by molar-refractivity contribution is 7.89. The van der Waals surface area contributed by atoms with Gasteiger partial charge < -0.3 is 9.84 Å². The molecular weight excluding hydrogens is 462 g/mol. The second-order valence-corrected chi connectivity index (χ2v) is 11.8. The van der Waals surface area contributed by atoms with E-state index in [2.05, 4.69) is 10.5 Å². The van der Waals surface area contributed by atoms with E-state index >= 15 is 0 Å². The first-order valence-corrected chi connectivity index (χ1v) is 14.3. The number of piperidine rings is 1. The van der Waals surface area contributed by atoms with Gasteiger partial charge >= 0.3 is 0 Å². The Morgan fingerprint density at radius 2 is 1.60 bits per heavy atom. The van der Waals surface area contributed by atoms with Gasteiger partial charge in [-0.2, -0.15) is 4.31 Å². The van der Waals surface area contributed by atoms with Gasteiger partial charge in [0.05, 0.1) is 0 Å². The van der Waals surface area contributed by atoms with Crippen molar-refractivity contribution in [2.24, 2.45) is 5.92 Å². The van der Waals surface area contributed by atoms with Crippen LogP contribution in [-0.2, 0) is 14.8 Å². The van der Waals surface area contributed by atoms with Gasteiger partial charge in [0.15, 0.2) is 10.7 Å². The molecule has 1 N–H and O–H groups in total. The van der Waals surface area contributed by atoms with Gasteiger partial charge in [0.25, 0.3) is 0 Å². The van der Waals surface area contributed by atoms with Crippen LogP contribution in [0, 0.1) is 19.8 Å². The molecule has 1 aromatic heterocycles. The molecule has 8 heteroatoms. The summed E-state index contributed by atoms with van der Waals surface area (Å²) >= 11 is 0. The van der Waals surface area contributed by atoms with E-state index in [1.165, 1.54) is 36.4 Å². The van der Waals surface area contributed by atoms with Crippen LogP contribution >= 0.6 is 0 Å². The van der Waals surface area contributed by atoms with Crippen LogP contribution in [0.15, 0.2) is 33.7 Å². The summed E-state index contributed by atoms with van der Waals surface area (Å²) in [5.74, 6) is 0.166. The molecule has 190 valence electrons. The molecule has 0 unspecified atom stereocenters. The third kappa shape index (κ3) is 6.41. The highest BCUT2D eigenvalue weighted by atomic mass is 32.2. The van der Waals surface area contributed by atoms with E-state index in [0.717, 1.165) is 24.0 Å². The quantitative estimate of drug-likeness (QED) is 0.598. The normalized spacial score (nSPS) is 19.5. The Kier molecular flexibility index (Phi) is 8.44. The van der Waals surface area contributed by atoms with Gasteiger partial charge in [-0.15, -0.1) is 0 Å². The average molecular weight is 500 g/mol. The van der Waals surface area contributed by atoms with E-state index in [9.17, 15) is 13.2 Å². The molecule has 2 fully saturated rings. The molecule has 1 aromatic carbocycles. The Morgan fingerprint density at radius 1 is 0.971 bits per heavy atom. The molecule has 1 aliphatic carbocycles. The van der Waals surface area contributed by atoms with Crippen LogP contribution in [0.2, 0.25) is 0 Å². The predicted octanol–water partition coefficient (Wildman–Crippen LogP) is 5.09. The maximum Gasteiger partial charge on any atom is 0.248 e. The van der Waals surface area contributed by atoms with Crippen LogP contribution in [0.5, 0.6) is 0 Å². The molecule has 1 aliphatic heterocycles. The monoisotopic (exact) mass is 499 g/mol. The first-order valence-electron chi connectivity index (χ1n) is 12.9. The van der Waals surface area contributed by atoms with Crippen molar-refractivity contribution in [3.63, 3.8) is 0 Å². The zero-order chi connectivity index (χ0) is 24.8. The fraction of sp³-hybridized carbons (Fsp3) is 0.556. The number of carbonyl (C=O) groups excluding carboxylic acids is 1. The van der Waals surface area contributed by atoms with Crippen LogP contribution < -0.4 is 5.32 Å². The van der Waals surface area contributed by atoms with E-state index < -0.39 is 10.0 Å². The van der Waals surface area contributed by atoms with Crippen molar-refractivity contribution in [3.8, 4) is 0 Å². The second-order valence-electron chi connectivity index (χ2n) is 9.93. The third-order valence-electron chi connectivity index (χ3n) is 7.21. The summed E-state index contributed by atoms with van der Waals surface area (Å²) in [5.41, 5.74) is 2.45. The molecule has 0 bridgehead atoms. The van der Waals surface area contributed by atoms with Crippen molar-refractivity contribution < 1.29 is 17.7 Å². The Morgan fingerprint density at radius 3 is 2.26 bits per heavy atom. The van der Waals surface area contributed by atoms with E-state index in [-0.39, 0.29) is 28.5 Å². The van der Waals surface area contributed by atoms with Gasteiger partial charge in [-0.25, -0.2) is 8.42 Å². The number of nitrogens with zero attached hydrogens (tertiary/aromatic N) is 2. The van der Waals surface area contributed by atoms with Crippen molar-refractivity contribution in [2.75, 3.05) is 13.1 Å². The minimum absolute atomic E-state index is 0.0792. The molecule has 1 saturated heterocycles. The number of carbonyl (C=O) groups is 1. The van der Waals surface area contributed by atoms with Crippen LogP contribution in [0.1, 0.15) is 80.4 Å². The first-order chi connectivity index (χ1) is 16.8. The van der Waals surface area contributed by atoms with Crippen LogP contribution in [0.3, 0.4) is 0 Å². The number of benzene rings is 1. The van der Waals surface area contributed by atoms with Gasteiger partial charge in [-0.1, -0.05) is 73.2 Å². The number of aryl methyl sites for hydroxylation is 2. The van der Waals surface area contributed by atoms with Crippen molar-refractivity contribution >= 4 is 28.1 Å². The summed E-state index contributed by atoms with van der Waals surface area (Å²) in [4.78, 5) is 13.0. The van der Waals surface area contributed by atoms with Crippen molar-refractivity contribution in [1.29, 1.82) is 0 Å². The summed E-state index contributed by atoms with van der Waals surface area (Å²) in [6, 6.07) is 8.19. The van der Waals surface area contributed by atoms with Crippen LogP contribution in [0.25, 0.3) is 12.2 Å². The van der Waals surface area contributed by atoms with Crippen LogP contribution in [-0.4, -0.2) is 42.9 Å². The molecule has 0 atom stereocenters. The van der Waals surface area contributed by atoms with E-state index in [4.69, 9.17) is 4.52 Å². The van der Waals surface area contributed by atoms with Crippen molar-refractivity contribution in [3.05, 3.63) is 46.8 Å². The second kappa shape index (κ2) is 11.5. The molecule has 2 aromatic rings. The summed E-state index contributed by atoms with van der Waals surface area (Å²) in [6.07, 6.45) is 12.7. The molecule has 0 radical (unpaired) electrons. The molecule has 0 spiro atoms. The summed E-state index contributed by atoms with van der Waals surface area (Å²) in [7, 11) is -3.78. The lowest BCUT2D eigenvalue weighted by atomic mass is 9.94. The Hall–Kier alpha value is -2.45. The lowest BCUT2D eigenvalue weighted by Gasteiger charge is -2.31. The van der Waals surface area contributed by atoms with Gasteiger partial charge in [0, 0.05) is 25.0 Å². The number of amides is 1. The van der Waals surface area contributed by atoms with E-state index in [0.29, 0.717) is 31.6 Å². The smallest absolute Gasteiger partial charge is 0.248 e. The zero-order valence-electron chi connectivity index (χ0n) is 20.8. The minimum atomic E-state index is -3.78. The van der Waals surface area contributed by atoms with Crippen molar-refractivity contribution in [2.45, 2.75) is 82.6 Å². The van der Waals surface area contributed by atoms with Gasteiger partial charge in [0.1, 0.15) is 5.69 Å². The molecule has 1 amide bonds. The number of rotatable bonds is 6. The Bertz CT molecular complexity index is 1120. The SMILES string of the molecule is Cc1ccc(/C=C/c2onc(C)c2S(=O)(=O)N2CCC(C(=O)NC3CCCCCCC3)CC2)cc1. The van der Waals surface area contributed by atoms with Crippen LogP contribution in [0.4, 0.5) is 0 Å². The standard InChI is InChI=1S/C27H37N3O4S/c1-20-10-12-22(13-11-20)14-15-25-26(21(2)29-34-25)35(32,33)30-18-16-23(17-19-30)27(31)28-24-8-6-4-3-5-7-9-24/h10-15,23-24H,3-9,16-19H2,1-2H3,(H,28,31)/b15-14+. The maximum atomic E-state index is 13.5.